The van der Waals surface area contributed by atoms with Crippen LogP contribution < -0.4 is 0 Å². The van der Waals surface area contributed by atoms with Gasteiger partial charge in [0.2, 0.25) is 0 Å². The van der Waals surface area contributed by atoms with E-state index in [0.717, 1.165) is 23.9 Å². The molecular weight excluding hydrogens is 266 g/mol. The number of rotatable bonds is 2. The van der Waals surface area contributed by atoms with E-state index in [-0.39, 0.29) is 10.7 Å². The lowest BCUT2D eigenvalue weighted by Gasteiger charge is -1.97. The standard InChI is InChI=1S/C12H9ClF2OS/c1-8(16)17-5-3-2-4-9-6-10(14)12(13)11(15)7-9/h6-7H,3,5H2,1H3. The summed E-state index contributed by atoms with van der Waals surface area (Å²) in [6.07, 6.45) is 0.482. The van der Waals surface area contributed by atoms with Crippen LogP contribution in [0.4, 0.5) is 8.78 Å². The second-order valence-electron chi connectivity index (χ2n) is 3.15. The Labute approximate surface area is 108 Å². The molecule has 0 fully saturated rings. The minimum Gasteiger partial charge on any atom is -0.288 e. The van der Waals surface area contributed by atoms with Crippen molar-refractivity contribution >= 4 is 28.5 Å². The molecule has 90 valence electrons. The van der Waals surface area contributed by atoms with E-state index in [1.54, 1.807) is 0 Å². The SMILES string of the molecule is CC(=O)SCCC#Cc1cc(F)c(Cl)c(F)c1. The highest BCUT2D eigenvalue weighted by molar-refractivity contribution is 8.13. The lowest BCUT2D eigenvalue weighted by Crippen LogP contribution is -1.87. The van der Waals surface area contributed by atoms with E-state index in [2.05, 4.69) is 11.8 Å². The molecule has 0 saturated carbocycles. The monoisotopic (exact) mass is 274 g/mol. The summed E-state index contributed by atoms with van der Waals surface area (Å²) in [5.41, 5.74) is 0.234. The van der Waals surface area contributed by atoms with E-state index in [0.29, 0.717) is 12.2 Å². The Morgan fingerprint density at radius 1 is 1.41 bits per heavy atom. The summed E-state index contributed by atoms with van der Waals surface area (Å²) in [6, 6.07) is 2.16. The van der Waals surface area contributed by atoms with Gasteiger partial charge >= 0.3 is 0 Å². The van der Waals surface area contributed by atoms with Crippen molar-refractivity contribution in [3.05, 3.63) is 34.4 Å². The van der Waals surface area contributed by atoms with Gasteiger partial charge in [-0.05, 0) is 12.1 Å². The molecular formula is C12H9ClF2OS. The average Bonchev–Trinajstić information content (AvgIpc) is 2.25. The van der Waals surface area contributed by atoms with Crippen LogP contribution in [0.5, 0.6) is 0 Å². The lowest BCUT2D eigenvalue weighted by molar-refractivity contribution is -0.109. The van der Waals surface area contributed by atoms with Crippen LogP contribution >= 0.6 is 23.4 Å². The largest absolute Gasteiger partial charge is 0.288 e. The van der Waals surface area contributed by atoms with Gasteiger partial charge in [0.25, 0.3) is 0 Å². The first-order chi connectivity index (χ1) is 8.00. The maximum Gasteiger partial charge on any atom is 0.185 e. The highest BCUT2D eigenvalue weighted by Crippen LogP contribution is 2.19. The summed E-state index contributed by atoms with van der Waals surface area (Å²) in [6.45, 7) is 1.47. The van der Waals surface area contributed by atoms with Gasteiger partial charge in [-0.1, -0.05) is 35.2 Å². The van der Waals surface area contributed by atoms with Crippen molar-refractivity contribution in [2.45, 2.75) is 13.3 Å². The highest BCUT2D eigenvalue weighted by Gasteiger charge is 2.07. The van der Waals surface area contributed by atoms with Crippen molar-refractivity contribution in [2.24, 2.45) is 0 Å². The molecule has 0 saturated heterocycles. The molecule has 0 unspecified atom stereocenters. The summed E-state index contributed by atoms with van der Waals surface area (Å²) in [4.78, 5) is 10.6. The molecule has 0 aliphatic carbocycles. The highest BCUT2D eigenvalue weighted by atomic mass is 35.5. The number of carbonyl (C=O) groups is 1. The lowest BCUT2D eigenvalue weighted by atomic mass is 10.2. The molecule has 0 heterocycles. The first-order valence-electron chi connectivity index (χ1n) is 4.77. The molecule has 0 amide bonds. The molecule has 1 rings (SSSR count). The Hall–Kier alpha value is -1.05. The maximum absolute atomic E-state index is 13.0. The third-order valence-electron chi connectivity index (χ3n) is 1.75. The summed E-state index contributed by atoms with van der Waals surface area (Å²) < 4.78 is 26.1. The first-order valence-corrected chi connectivity index (χ1v) is 6.14. The molecule has 17 heavy (non-hydrogen) atoms. The predicted octanol–water partition coefficient (Wildman–Crippen LogP) is 3.64. The van der Waals surface area contributed by atoms with E-state index in [1.165, 1.54) is 6.92 Å². The molecule has 0 atom stereocenters. The van der Waals surface area contributed by atoms with Crippen molar-refractivity contribution in [3.63, 3.8) is 0 Å². The Balaban J connectivity index is 2.63. The van der Waals surface area contributed by atoms with E-state index in [9.17, 15) is 13.6 Å². The zero-order chi connectivity index (χ0) is 12.8. The van der Waals surface area contributed by atoms with Crippen LogP contribution in [0.25, 0.3) is 0 Å². The zero-order valence-electron chi connectivity index (χ0n) is 9.02. The number of benzene rings is 1. The molecule has 1 aromatic rings. The topological polar surface area (TPSA) is 17.1 Å². The van der Waals surface area contributed by atoms with Gasteiger partial charge in [-0.15, -0.1) is 0 Å². The van der Waals surface area contributed by atoms with Gasteiger partial charge in [0.05, 0.1) is 0 Å². The Kier molecular flexibility index (Phi) is 5.46. The minimum atomic E-state index is -0.825. The number of hydrogen-bond acceptors (Lipinski definition) is 2. The van der Waals surface area contributed by atoms with Crippen LogP contribution in [0.15, 0.2) is 12.1 Å². The van der Waals surface area contributed by atoms with Crippen LogP contribution in [0.2, 0.25) is 5.02 Å². The third-order valence-corrected chi connectivity index (χ3v) is 2.92. The van der Waals surface area contributed by atoms with Gasteiger partial charge in [-0.2, -0.15) is 0 Å². The number of hydrogen-bond donors (Lipinski definition) is 0. The van der Waals surface area contributed by atoms with Crippen LogP contribution in [0.1, 0.15) is 18.9 Å². The molecule has 1 nitrogen and oxygen atoms in total. The van der Waals surface area contributed by atoms with Crippen LogP contribution in [-0.4, -0.2) is 10.9 Å². The number of carbonyl (C=O) groups excluding carboxylic acids is 1. The van der Waals surface area contributed by atoms with Crippen molar-refractivity contribution in [3.8, 4) is 11.8 Å². The molecule has 0 aliphatic rings. The average molecular weight is 275 g/mol. The first kappa shape index (κ1) is 14.0. The fraction of sp³-hybridized carbons (Fsp3) is 0.250. The molecule has 0 aromatic heterocycles. The van der Waals surface area contributed by atoms with Gasteiger partial charge in [-0.3, -0.25) is 4.79 Å². The minimum absolute atomic E-state index is 0.0235. The van der Waals surface area contributed by atoms with Gasteiger partial charge in [0.1, 0.15) is 16.7 Å². The number of halogens is 3. The van der Waals surface area contributed by atoms with Crippen molar-refractivity contribution in [2.75, 3.05) is 5.75 Å². The van der Waals surface area contributed by atoms with Crippen LogP contribution in [0, 0.1) is 23.5 Å². The van der Waals surface area contributed by atoms with Crippen molar-refractivity contribution in [1.29, 1.82) is 0 Å². The van der Waals surface area contributed by atoms with Crippen molar-refractivity contribution < 1.29 is 13.6 Å². The summed E-state index contributed by atoms with van der Waals surface area (Å²) in [7, 11) is 0. The summed E-state index contributed by atoms with van der Waals surface area (Å²) >= 11 is 6.49. The van der Waals surface area contributed by atoms with E-state index >= 15 is 0 Å². The predicted molar refractivity (Wildman–Crippen MR) is 66.0 cm³/mol. The third kappa shape index (κ3) is 4.76. The molecule has 0 radical (unpaired) electrons. The van der Waals surface area contributed by atoms with Gasteiger partial charge in [-0.25, -0.2) is 8.78 Å². The Morgan fingerprint density at radius 3 is 2.53 bits per heavy atom. The quantitative estimate of drug-likeness (QED) is 0.465. The fourth-order valence-electron chi connectivity index (χ4n) is 1.04. The smallest absolute Gasteiger partial charge is 0.185 e. The van der Waals surface area contributed by atoms with Crippen LogP contribution in [0.3, 0.4) is 0 Å². The van der Waals surface area contributed by atoms with E-state index < -0.39 is 16.7 Å². The zero-order valence-corrected chi connectivity index (χ0v) is 10.6. The van der Waals surface area contributed by atoms with Crippen LogP contribution in [-0.2, 0) is 4.79 Å². The molecule has 0 bridgehead atoms. The van der Waals surface area contributed by atoms with Gasteiger partial charge in [0, 0.05) is 24.7 Å². The Bertz CT molecular complexity index is 468. The fourth-order valence-corrected chi connectivity index (χ4v) is 1.64. The molecule has 5 heteroatoms. The van der Waals surface area contributed by atoms with Crippen molar-refractivity contribution in [1.82, 2.24) is 0 Å². The second kappa shape index (κ2) is 6.63. The van der Waals surface area contributed by atoms with E-state index in [4.69, 9.17) is 11.6 Å². The van der Waals surface area contributed by atoms with Gasteiger partial charge < -0.3 is 0 Å². The molecule has 0 N–H and O–H groups in total. The number of thioether (sulfide) groups is 1. The Morgan fingerprint density at radius 2 is 2.00 bits per heavy atom. The molecule has 0 spiro atoms. The normalized spacial score (nSPS) is 9.65. The second-order valence-corrected chi connectivity index (χ2v) is 4.80. The molecule has 1 aromatic carbocycles. The summed E-state index contributed by atoms with van der Waals surface area (Å²) in [5, 5.41) is -0.502. The van der Waals surface area contributed by atoms with Gasteiger partial charge in [0.15, 0.2) is 5.12 Å². The van der Waals surface area contributed by atoms with E-state index in [1.807, 2.05) is 0 Å². The molecule has 0 aliphatic heterocycles. The maximum atomic E-state index is 13.0. The summed E-state index contributed by atoms with van der Waals surface area (Å²) in [5.74, 6) is 4.27.